The van der Waals surface area contributed by atoms with Crippen LogP contribution in [0.4, 0.5) is 4.39 Å². The van der Waals surface area contributed by atoms with Gasteiger partial charge in [-0.2, -0.15) is 0 Å². The molecular formula is C19H24ClFN4O. The molecule has 0 unspecified atom stereocenters. The van der Waals surface area contributed by atoms with Crippen molar-refractivity contribution in [3.05, 3.63) is 28.5 Å². The lowest BCUT2D eigenvalue weighted by molar-refractivity contribution is -0.123. The van der Waals surface area contributed by atoms with Gasteiger partial charge in [0.1, 0.15) is 12.5 Å². The van der Waals surface area contributed by atoms with Crippen molar-refractivity contribution in [1.29, 1.82) is 0 Å². The maximum Gasteiger partial charge on any atom is 0.220 e. The minimum atomic E-state index is -0.588. The van der Waals surface area contributed by atoms with Gasteiger partial charge in [0.2, 0.25) is 5.91 Å². The molecule has 2 heterocycles. The maximum atomic E-state index is 13.1. The highest BCUT2D eigenvalue weighted by molar-refractivity contribution is 6.32. The number of fused-ring (bicyclic) bond motifs is 1. The number of halogens is 2. The van der Waals surface area contributed by atoms with Crippen molar-refractivity contribution in [2.45, 2.75) is 50.7 Å². The molecule has 1 saturated heterocycles. The molecule has 1 amide bonds. The second-order valence-corrected chi connectivity index (χ2v) is 7.99. The Hall–Kier alpha value is -1.66. The first-order chi connectivity index (χ1) is 12.5. The van der Waals surface area contributed by atoms with Crippen molar-refractivity contribution in [3.63, 3.8) is 0 Å². The Kier molecular flexibility index (Phi) is 4.65. The molecule has 0 radical (unpaired) electrons. The first-order valence-electron chi connectivity index (χ1n) is 9.32. The zero-order valence-corrected chi connectivity index (χ0v) is 15.5. The number of carbonyl (C=O) groups is 1. The summed E-state index contributed by atoms with van der Waals surface area (Å²) in [4.78, 5) is 22.2. The molecule has 1 saturated carbocycles. The maximum absolute atomic E-state index is 13.1. The summed E-state index contributed by atoms with van der Waals surface area (Å²) in [5, 5.41) is 0.417. The number of H-pyrrole nitrogens is 1. The van der Waals surface area contributed by atoms with Crippen molar-refractivity contribution < 1.29 is 9.18 Å². The molecule has 0 atom stereocenters. The molecule has 5 nitrogen and oxygen atoms in total. The van der Waals surface area contributed by atoms with E-state index in [-0.39, 0.29) is 17.4 Å². The monoisotopic (exact) mass is 378 g/mol. The van der Waals surface area contributed by atoms with Crippen LogP contribution in [0, 0.1) is 5.92 Å². The fraction of sp³-hybridized carbons (Fsp3) is 0.579. The number of imidazole rings is 1. The highest BCUT2D eigenvalue weighted by Gasteiger charge is 2.45. The lowest BCUT2D eigenvalue weighted by Gasteiger charge is -2.43. The molecule has 1 aliphatic carbocycles. The highest BCUT2D eigenvalue weighted by atomic mass is 35.5. The molecule has 140 valence electrons. The van der Waals surface area contributed by atoms with Crippen LogP contribution < -0.4 is 5.73 Å². The summed E-state index contributed by atoms with van der Waals surface area (Å²) in [7, 11) is 0. The number of alkyl halides is 1. The first kappa shape index (κ1) is 17.7. The van der Waals surface area contributed by atoms with E-state index in [4.69, 9.17) is 22.3 Å². The lowest BCUT2D eigenvalue weighted by Crippen LogP contribution is -2.50. The molecule has 1 aromatic heterocycles. The molecule has 0 bridgehead atoms. The van der Waals surface area contributed by atoms with Gasteiger partial charge in [0, 0.05) is 16.5 Å². The third kappa shape index (κ3) is 2.89. The molecule has 7 heteroatoms. The van der Waals surface area contributed by atoms with E-state index in [1.54, 1.807) is 12.1 Å². The second kappa shape index (κ2) is 6.82. The summed E-state index contributed by atoms with van der Waals surface area (Å²) < 4.78 is 13.1. The number of piperidine rings is 1. The number of nitrogens with one attached hydrogen (secondary N) is 1. The van der Waals surface area contributed by atoms with Crippen LogP contribution in [0.15, 0.2) is 12.1 Å². The number of likely N-dealkylation sites (tertiary alicyclic amines) is 1. The predicted molar refractivity (Wildman–Crippen MR) is 99.6 cm³/mol. The van der Waals surface area contributed by atoms with Gasteiger partial charge in [0.25, 0.3) is 0 Å². The fourth-order valence-corrected chi connectivity index (χ4v) is 4.86. The van der Waals surface area contributed by atoms with Crippen LogP contribution in [0.2, 0.25) is 5.02 Å². The van der Waals surface area contributed by atoms with E-state index in [0.717, 1.165) is 68.5 Å². The minimum Gasteiger partial charge on any atom is -0.369 e. The Morgan fingerprint density at radius 2 is 2.04 bits per heavy atom. The van der Waals surface area contributed by atoms with Crippen LogP contribution in [0.5, 0.6) is 0 Å². The van der Waals surface area contributed by atoms with Gasteiger partial charge in [-0.3, -0.25) is 9.69 Å². The average Bonchev–Trinajstić information content (AvgIpc) is 3.28. The van der Waals surface area contributed by atoms with Gasteiger partial charge in [-0.15, -0.1) is 0 Å². The van der Waals surface area contributed by atoms with Gasteiger partial charge < -0.3 is 10.7 Å². The van der Waals surface area contributed by atoms with E-state index in [9.17, 15) is 9.18 Å². The number of hydrogen-bond acceptors (Lipinski definition) is 3. The van der Waals surface area contributed by atoms with Gasteiger partial charge in [-0.1, -0.05) is 24.4 Å². The second-order valence-electron chi connectivity index (χ2n) is 7.58. The highest BCUT2D eigenvalue weighted by Crippen LogP contribution is 2.45. The van der Waals surface area contributed by atoms with Crippen molar-refractivity contribution in [1.82, 2.24) is 14.9 Å². The Balaban J connectivity index is 1.68. The summed E-state index contributed by atoms with van der Waals surface area (Å²) in [5.41, 5.74) is 7.44. The van der Waals surface area contributed by atoms with Crippen LogP contribution in [-0.4, -0.2) is 33.9 Å². The fourth-order valence-electron chi connectivity index (χ4n) is 4.65. The van der Waals surface area contributed by atoms with Gasteiger partial charge in [-0.05, 0) is 50.9 Å². The number of aromatic nitrogens is 2. The number of nitrogens with two attached hydrogens (primary N) is 1. The molecule has 4 rings (SSSR count). The van der Waals surface area contributed by atoms with Gasteiger partial charge >= 0.3 is 0 Å². The summed E-state index contributed by atoms with van der Waals surface area (Å²) >= 11 is 6.15. The Morgan fingerprint density at radius 1 is 1.35 bits per heavy atom. The zero-order chi connectivity index (χ0) is 18.3. The minimum absolute atomic E-state index is 0.0219. The number of aromatic amines is 1. The average molecular weight is 379 g/mol. The molecule has 3 N–H and O–H groups in total. The first-order valence-corrected chi connectivity index (χ1v) is 9.70. The molecule has 0 spiro atoms. The Labute approximate surface area is 157 Å². The van der Waals surface area contributed by atoms with Crippen LogP contribution in [0.1, 0.15) is 49.9 Å². The van der Waals surface area contributed by atoms with Crippen LogP contribution in [0.25, 0.3) is 11.0 Å². The van der Waals surface area contributed by atoms with Crippen LogP contribution in [0.3, 0.4) is 0 Å². The number of rotatable bonds is 4. The summed E-state index contributed by atoms with van der Waals surface area (Å²) in [6.45, 7) is 1.11. The van der Waals surface area contributed by atoms with E-state index in [0.29, 0.717) is 10.6 Å². The summed E-state index contributed by atoms with van der Waals surface area (Å²) in [5.74, 6) is 0.725. The third-order valence-corrected chi connectivity index (χ3v) is 6.52. The van der Waals surface area contributed by atoms with E-state index in [1.807, 2.05) is 0 Å². The van der Waals surface area contributed by atoms with Crippen molar-refractivity contribution in [3.8, 4) is 0 Å². The van der Waals surface area contributed by atoms with E-state index < -0.39 is 6.67 Å². The molecular weight excluding hydrogens is 355 g/mol. The summed E-state index contributed by atoms with van der Waals surface area (Å²) in [6, 6.07) is 3.50. The molecule has 2 aromatic rings. The van der Waals surface area contributed by atoms with E-state index in [1.165, 1.54) is 0 Å². The number of amides is 1. The number of hydrogen-bond donors (Lipinski definition) is 2. The smallest absolute Gasteiger partial charge is 0.220 e. The molecule has 26 heavy (non-hydrogen) atoms. The standard InChI is InChI=1S/C19H24ClFN4O/c20-14-10-16-15(9-13(14)11-21)23-18(24-16)19(5-1-2-6-19)25-7-3-12(4-8-25)17(22)26/h9-10,12H,1-8,11H2,(H2,22,26)(H,23,24). The van der Waals surface area contributed by atoms with Crippen molar-refractivity contribution in [2.75, 3.05) is 13.1 Å². The van der Waals surface area contributed by atoms with Crippen molar-refractivity contribution in [2.24, 2.45) is 11.7 Å². The molecule has 1 aromatic carbocycles. The van der Waals surface area contributed by atoms with Crippen LogP contribution >= 0.6 is 11.6 Å². The Morgan fingerprint density at radius 3 is 2.65 bits per heavy atom. The number of carbonyl (C=O) groups excluding carboxylic acids is 1. The van der Waals surface area contributed by atoms with Crippen molar-refractivity contribution >= 4 is 28.5 Å². The third-order valence-electron chi connectivity index (χ3n) is 6.17. The lowest BCUT2D eigenvalue weighted by atomic mass is 9.88. The number of primary amides is 1. The number of benzene rings is 1. The Bertz CT molecular complexity index is 822. The number of nitrogens with zero attached hydrogens (tertiary/aromatic N) is 2. The van der Waals surface area contributed by atoms with E-state index in [2.05, 4.69) is 9.88 Å². The summed E-state index contributed by atoms with van der Waals surface area (Å²) in [6.07, 6.45) is 5.99. The van der Waals surface area contributed by atoms with Gasteiger partial charge in [0.05, 0.1) is 16.6 Å². The topological polar surface area (TPSA) is 75.0 Å². The zero-order valence-electron chi connectivity index (χ0n) is 14.7. The van der Waals surface area contributed by atoms with Gasteiger partial charge in [0.15, 0.2) is 0 Å². The molecule has 2 aliphatic rings. The quantitative estimate of drug-likeness (QED) is 0.852. The van der Waals surface area contributed by atoms with E-state index >= 15 is 0 Å². The largest absolute Gasteiger partial charge is 0.369 e. The van der Waals surface area contributed by atoms with Gasteiger partial charge in [-0.25, -0.2) is 9.37 Å². The molecule has 2 fully saturated rings. The SMILES string of the molecule is NC(=O)C1CCN(C2(c3nc4cc(Cl)c(CF)cc4[nH]3)CCCC2)CC1. The van der Waals surface area contributed by atoms with Crippen LogP contribution in [-0.2, 0) is 17.0 Å². The normalized spacial score (nSPS) is 21.5. The predicted octanol–water partition coefficient (Wildman–Crippen LogP) is 3.65. The molecule has 1 aliphatic heterocycles.